The van der Waals surface area contributed by atoms with Gasteiger partial charge in [0, 0.05) is 5.56 Å². The van der Waals surface area contributed by atoms with Gasteiger partial charge in [0.1, 0.15) is 0 Å². The third-order valence-electron chi connectivity index (χ3n) is 3.47. The second-order valence-corrected chi connectivity index (χ2v) is 5.76. The second-order valence-electron chi connectivity index (χ2n) is 5.76. The molecule has 0 spiro atoms. The van der Waals surface area contributed by atoms with Crippen molar-refractivity contribution in [2.24, 2.45) is 5.92 Å². The Kier molecular flexibility index (Phi) is 6.55. The van der Waals surface area contributed by atoms with Gasteiger partial charge in [-0.15, -0.1) is 0 Å². The number of carbonyl (C=O) groups is 1. The number of benzene rings is 1. The summed E-state index contributed by atoms with van der Waals surface area (Å²) in [6.07, 6.45) is 7.00. The van der Waals surface area contributed by atoms with Gasteiger partial charge in [-0.1, -0.05) is 36.8 Å². The van der Waals surface area contributed by atoms with Crippen LogP contribution in [0.25, 0.3) is 0 Å². The van der Waals surface area contributed by atoms with Crippen LogP contribution in [-0.4, -0.2) is 5.78 Å². The molecular formula is C18H26O. The molecule has 1 heteroatoms. The van der Waals surface area contributed by atoms with Crippen molar-refractivity contribution in [3.05, 3.63) is 47.0 Å². The van der Waals surface area contributed by atoms with E-state index in [4.69, 9.17) is 0 Å². The van der Waals surface area contributed by atoms with Gasteiger partial charge in [0.05, 0.1) is 0 Å². The van der Waals surface area contributed by atoms with Crippen LogP contribution in [0.15, 0.2) is 35.9 Å². The minimum atomic E-state index is 0.151. The topological polar surface area (TPSA) is 17.1 Å². The smallest absolute Gasteiger partial charge is 0.159 e. The van der Waals surface area contributed by atoms with E-state index in [1.165, 1.54) is 30.4 Å². The molecule has 0 saturated carbocycles. The lowest BCUT2D eigenvalue weighted by molar-refractivity contribution is 0.101. The number of hydrogen-bond acceptors (Lipinski definition) is 1. The maximum atomic E-state index is 11.3. The molecule has 1 nitrogen and oxygen atoms in total. The second kappa shape index (κ2) is 7.93. The van der Waals surface area contributed by atoms with Gasteiger partial charge in [0.2, 0.25) is 0 Å². The summed E-state index contributed by atoms with van der Waals surface area (Å²) >= 11 is 0. The maximum Gasteiger partial charge on any atom is 0.159 e. The number of Topliss-reactive ketones (excluding diaryl/α,β-unsaturated/α-hetero) is 1. The third kappa shape index (κ3) is 6.37. The summed E-state index contributed by atoms with van der Waals surface area (Å²) < 4.78 is 0. The summed E-state index contributed by atoms with van der Waals surface area (Å²) in [4.78, 5) is 11.3. The number of aryl methyl sites for hydroxylation is 1. The zero-order valence-corrected chi connectivity index (χ0v) is 12.7. The Morgan fingerprint density at radius 3 is 2.58 bits per heavy atom. The Labute approximate surface area is 117 Å². The summed E-state index contributed by atoms with van der Waals surface area (Å²) in [5, 5.41) is 0. The summed E-state index contributed by atoms with van der Waals surface area (Å²) in [7, 11) is 0. The Balaban J connectivity index is 2.41. The number of carbonyl (C=O) groups excluding carboxylic acids is 1. The molecule has 0 bridgehead atoms. The fourth-order valence-corrected chi connectivity index (χ4v) is 2.16. The van der Waals surface area contributed by atoms with Crippen molar-refractivity contribution < 1.29 is 4.79 Å². The predicted molar refractivity (Wildman–Crippen MR) is 82.6 cm³/mol. The Bertz CT molecular complexity index is 439. The van der Waals surface area contributed by atoms with E-state index in [9.17, 15) is 4.79 Å². The molecule has 1 atom stereocenters. The van der Waals surface area contributed by atoms with Crippen LogP contribution in [0, 0.1) is 5.92 Å². The molecule has 0 saturated heterocycles. The van der Waals surface area contributed by atoms with E-state index in [1.54, 1.807) is 6.92 Å². The first kappa shape index (κ1) is 15.7. The van der Waals surface area contributed by atoms with Crippen LogP contribution in [0.4, 0.5) is 0 Å². The Hall–Kier alpha value is -1.37. The van der Waals surface area contributed by atoms with Gasteiger partial charge in [0.15, 0.2) is 5.78 Å². The SMILES string of the molecule is CC(=O)c1cccc(CCC(C)CCC=C(C)C)c1. The largest absolute Gasteiger partial charge is 0.295 e. The van der Waals surface area contributed by atoms with Crippen LogP contribution >= 0.6 is 0 Å². The highest BCUT2D eigenvalue weighted by atomic mass is 16.1. The van der Waals surface area contributed by atoms with Gasteiger partial charge in [-0.05, 0) is 64.0 Å². The Morgan fingerprint density at radius 1 is 1.21 bits per heavy atom. The van der Waals surface area contributed by atoms with E-state index in [-0.39, 0.29) is 5.78 Å². The van der Waals surface area contributed by atoms with Crippen molar-refractivity contribution in [2.45, 2.75) is 53.4 Å². The fourth-order valence-electron chi connectivity index (χ4n) is 2.16. The molecule has 0 heterocycles. The summed E-state index contributed by atoms with van der Waals surface area (Å²) in [5.74, 6) is 0.884. The lowest BCUT2D eigenvalue weighted by Gasteiger charge is -2.10. The average Bonchev–Trinajstić information content (AvgIpc) is 2.36. The van der Waals surface area contributed by atoms with E-state index < -0.39 is 0 Å². The molecule has 0 aliphatic rings. The minimum absolute atomic E-state index is 0.151. The van der Waals surface area contributed by atoms with Gasteiger partial charge in [-0.3, -0.25) is 4.79 Å². The van der Waals surface area contributed by atoms with E-state index in [0.29, 0.717) is 0 Å². The molecule has 104 valence electrons. The van der Waals surface area contributed by atoms with Crippen LogP contribution in [0.2, 0.25) is 0 Å². The monoisotopic (exact) mass is 258 g/mol. The molecule has 19 heavy (non-hydrogen) atoms. The molecule has 0 amide bonds. The maximum absolute atomic E-state index is 11.3. The van der Waals surface area contributed by atoms with Gasteiger partial charge in [-0.25, -0.2) is 0 Å². The minimum Gasteiger partial charge on any atom is -0.295 e. The van der Waals surface area contributed by atoms with Crippen LogP contribution in [0.5, 0.6) is 0 Å². The summed E-state index contributed by atoms with van der Waals surface area (Å²) in [5.41, 5.74) is 3.51. The first-order chi connectivity index (χ1) is 8.99. The standard InChI is InChI=1S/C18H26O/c1-14(2)7-5-8-15(3)11-12-17-9-6-10-18(13-17)16(4)19/h6-7,9-10,13,15H,5,8,11-12H2,1-4H3. The number of hydrogen-bond donors (Lipinski definition) is 0. The highest BCUT2D eigenvalue weighted by molar-refractivity contribution is 5.94. The van der Waals surface area contributed by atoms with Crippen molar-refractivity contribution >= 4 is 5.78 Å². The predicted octanol–water partition coefficient (Wildman–Crippen LogP) is 5.20. The lowest BCUT2D eigenvalue weighted by Crippen LogP contribution is -1.99. The van der Waals surface area contributed by atoms with Crippen LogP contribution in [0.3, 0.4) is 0 Å². The molecule has 0 N–H and O–H groups in total. The third-order valence-corrected chi connectivity index (χ3v) is 3.47. The van der Waals surface area contributed by atoms with Crippen LogP contribution in [-0.2, 0) is 6.42 Å². The number of rotatable bonds is 7. The van der Waals surface area contributed by atoms with Crippen molar-refractivity contribution in [3.8, 4) is 0 Å². The molecule has 0 aliphatic heterocycles. The van der Waals surface area contributed by atoms with E-state index in [0.717, 1.165) is 17.9 Å². The molecule has 0 fully saturated rings. The summed E-state index contributed by atoms with van der Waals surface area (Å²) in [6.45, 7) is 8.24. The lowest BCUT2D eigenvalue weighted by atomic mass is 9.95. The number of allylic oxidation sites excluding steroid dienone is 2. The molecule has 1 unspecified atom stereocenters. The van der Waals surface area contributed by atoms with E-state index >= 15 is 0 Å². The molecule has 1 rings (SSSR count). The Morgan fingerprint density at radius 2 is 1.95 bits per heavy atom. The molecule has 1 aromatic rings. The average molecular weight is 258 g/mol. The van der Waals surface area contributed by atoms with Crippen LogP contribution < -0.4 is 0 Å². The normalized spacial score (nSPS) is 12.0. The first-order valence-electron chi connectivity index (χ1n) is 7.22. The van der Waals surface area contributed by atoms with E-state index in [1.807, 2.05) is 18.2 Å². The van der Waals surface area contributed by atoms with Crippen LogP contribution in [0.1, 0.15) is 62.9 Å². The molecular weight excluding hydrogens is 232 g/mol. The first-order valence-corrected chi connectivity index (χ1v) is 7.22. The van der Waals surface area contributed by atoms with Crippen molar-refractivity contribution in [1.29, 1.82) is 0 Å². The van der Waals surface area contributed by atoms with Crippen molar-refractivity contribution in [2.75, 3.05) is 0 Å². The summed E-state index contributed by atoms with van der Waals surface area (Å²) in [6, 6.07) is 8.03. The van der Waals surface area contributed by atoms with Gasteiger partial charge < -0.3 is 0 Å². The van der Waals surface area contributed by atoms with Gasteiger partial charge in [-0.2, -0.15) is 0 Å². The van der Waals surface area contributed by atoms with Gasteiger partial charge in [0.25, 0.3) is 0 Å². The number of ketones is 1. The zero-order chi connectivity index (χ0) is 14.3. The highest BCUT2D eigenvalue weighted by Crippen LogP contribution is 2.16. The molecule has 0 radical (unpaired) electrons. The van der Waals surface area contributed by atoms with Crippen molar-refractivity contribution in [3.63, 3.8) is 0 Å². The molecule has 1 aromatic carbocycles. The van der Waals surface area contributed by atoms with Crippen molar-refractivity contribution in [1.82, 2.24) is 0 Å². The van der Waals surface area contributed by atoms with E-state index in [2.05, 4.69) is 32.9 Å². The quantitative estimate of drug-likeness (QED) is 0.485. The molecule has 0 aliphatic carbocycles. The fraction of sp³-hybridized carbons (Fsp3) is 0.500. The highest BCUT2D eigenvalue weighted by Gasteiger charge is 2.04. The zero-order valence-electron chi connectivity index (χ0n) is 12.7. The van der Waals surface area contributed by atoms with Gasteiger partial charge >= 0.3 is 0 Å². The molecule has 0 aromatic heterocycles.